The topological polar surface area (TPSA) is 122 Å². The van der Waals surface area contributed by atoms with E-state index in [1.54, 1.807) is 5.32 Å². The minimum atomic E-state index is -1.46. The molecule has 0 radical (unpaired) electrons. The van der Waals surface area contributed by atoms with E-state index in [1.165, 1.54) is 6.92 Å². The van der Waals surface area contributed by atoms with Crippen molar-refractivity contribution in [1.82, 2.24) is 5.32 Å². The van der Waals surface area contributed by atoms with Crippen LogP contribution in [0.2, 0.25) is 0 Å². The van der Waals surface area contributed by atoms with E-state index in [1.807, 2.05) is 0 Å². The number of urea groups is 1. The summed E-state index contributed by atoms with van der Waals surface area (Å²) in [5.41, 5.74) is 4.59. The third-order valence-corrected chi connectivity index (χ3v) is 1.01. The molecule has 13 heavy (non-hydrogen) atoms. The number of alkyl carbamates (subject to hydrolysis) is 1. The van der Waals surface area contributed by atoms with Crippen LogP contribution in [-0.4, -0.2) is 34.7 Å². The molecule has 0 aliphatic rings. The Morgan fingerprint density at radius 1 is 1.54 bits per heavy atom. The number of ether oxygens (including phenoxy) is 1. The maximum absolute atomic E-state index is 10.6. The number of primary amides is 1. The SMILES string of the molecule is CC(O)CC(O)OC(=O)NC(N)=O. The molecule has 0 aromatic carbocycles. The summed E-state index contributed by atoms with van der Waals surface area (Å²) in [6, 6.07) is -1.07. The first-order chi connectivity index (χ1) is 5.91. The maximum atomic E-state index is 10.6. The number of carbonyl (C=O) groups is 2. The second-order valence-electron chi connectivity index (χ2n) is 2.43. The van der Waals surface area contributed by atoms with E-state index in [2.05, 4.69) is 10.5 Å². The lowest BCUT2D eigenvalue weighted by atomic mass is 10.3. The van der Waals surface area contributed by atoms with Crippen molar-refractivity contribution in [3.05, 3.63) is 0 Å². The van der Waals surface area contributed by atoms with Crippen LogP contribution in [-0.2, 0) is 4.74 Å². The van der Waals surface area contributed by atoms with Gasteiger partial charge in [-0.15, -0.1) is 0 Å². The molecule has 0 aromatic rings. The molecule has 7 heteroatoms. The van der Waals surface area contributed by atoms with Crippen LogP contribution in [0.25, 0.3) is 0 Å². The molecule has 0 aromatic heterocycles. The van der Waals surface area contributed by atoms with Crippen LogP contribution < -0.4 is 11.1 Å². The Labute approximate surface area is 74.5 Å². The van der Waals surface area contributed by atoms with Gasteiger partial charge >= 0.3 is 12.1 Å². The van der Waals surface area contributed by atoms with E-state index in [0.29, 0.717) is 0 Å². The molecular weight excluding hydrogens is 180 g/mol. The fourth-order valence-corrected chi connectivity index (χ4v) is 0.594. The molecule has 0 bridgehead atoms. The van der Waals surface area contributed by atoms with Crippen LogP contribution in [0.3, 0.4) is 0 Å². The van der Waals surface area contributed by atoms with Gasteiger partial charge in [0.15, 0.2) is 0 Å². The molecule has 0 fully saturated rings. The molecule has 0 saturated heterocycles. The number of carbonyl (C=O) groups excluding carboxylic acids is 2. The fraction of sp³-hybridized carbons (Fsp3) is 0.667. The normalized spacial score (nSPS) is 14.4. The average Bonchev–Trinajstić information content (AvgIpc) is 1.80. The zero-order valence-electron chi connectivity index (χ0n) is 7.06. The minimum Gasteiger partial charge on any atom is -0.419 e. The smallest absolute Gasteiger partial charge is 0.417 e. The highest BCUT2D eigenvalue weighted by atomic mass is 16.6. The monoisotopic (exact) mass is 192 g/mol. The molecule has 0 spiro atoms. The van der Waals surface area contributed by atoms with E-state index in [4.69, 9.17) is 10.2 Å². The standard InChI is InChI=1S/C6H12N2O5/c1-3(9)2-4(10)13-6(12)8-5(7)11/h3-4,9-10H,2H2,1H3,(H3,7,8,11,12). The predicted molar refractivity (Wildman–Crippen MR) is 41.5 cm³/mol. The number of nitrogens with one attached hydrogen (secondary N) is 1. The Balaban J connectivity index is 3.71. The van der Waals surface area contributed by atoms with Crippen molar-refractivity contribution in [3.63, 3.8) is 0 Å². The Bertz CT molecular complexity index is 193. The van der Waals surface area contributed by atoms with Gasteiger partial charge < -0.3 is 20.7 Å². The van der Waals surface area contributed by atoms with Gasteiger partial charge in [0.2, 0.25) is 6.29 Å². The third kappa shape index (κ3) is 7.04. The molecule has 0 saturated carbocycles. The van der Waals surface area contributed by atoms with Gasteiger partial charge in [-0.05, 0) is 6.92 Å². The zero-order chi connectivity index (χ0) is 10.4. The van der Waals surface area contributed by atoms with Gasteiger partial charge in [-0.1, -0.05) is 0 Å². The van der Waals surface area contributed by atoms with Crippen LogP contribution >= 0.6 is 0 Å². The highest BCUT2D eigenvalue weighted by Crippen LogP contribution is 1.98. The number of aliphatic hydroxyl groups is 2. The quantitative estimate of drug-likeness (QED) is 0.422. The van der Waals surface area contributed by atoms with Crippen molar-refractivity contribution in [2.24, 2.45) is 5.73 Å². The van der Waals surface area contributed by atoms with Gasteiger partial charge in [0.05, 0.1) is 6.10 Å². The van der Waals surface area contributed by atoms with Crippen molar-refractivity contribution in [2.45, 2.75) is 25.7 Å². The van der Waals surface area contributed by atoms with Gasteiger partial charge in [-0.3, -0.25) is 0 Å². The van der Waals surface area contributed by atoms with Crippen molar-refractivity contribution in [2.75, 3.05) is 0 Å². The number of nitrogens with two attached hydrogens (primary N) is 1. The molecule has 0 aliphatic carbocycles. The Hall–Kier alpha value is -1.34. The van der Waals surface area contributed by atoms with Gasteiger partial charge in [0.1, 0.15) is 0 Å². The van der Waals surface area contributed by atoms with E-state index in [-0.39, 0.29) is 6.42 Å². The van der Waals surface area contributed by atoms with Gasteiger partial charge in [-0.25, -0.2) is 14.9 Å². The molecule has 2 unspecified atom stereocenters. The number of hydrogen-bond donors (Lipinski definition) is 4. The first-order valence-electron chi connectivity index (χ1n) is 3.55. The Morgan fingerprint density at radius 3 is 2.46 bits per heavy atom. The van der Waals surface area contributed by atoms with E-state index < -0.39 is 24.5 Å². The van der Waals surface area contributed by atoms with E-state index >= 15 is 0 Å². The summed E-state index contributed by atoms with van der Waals surface area (Å²) in [6.07, 6.45) is -3.55. The van der Waals surface area contributed by atoms with Gasteiger partial charge in [0, 0.05) is 6.42 Å². The number of aliphatic hydroxyl groups excluding tert-OH is 2. The summed E-state index contributed by atoms with van der Waals surface area (Å²) in [6.45, 7) is 1.42. The first-order valence-corrected chi connectivity index (χ1v) is 3.55. The van der Waals surface area contributed by atoms with Gasteiger partial charge in [0.25, 0.3) is 0 Å². The van der Waals surface area contributed by atoms with Crippen LogP contribution in [0.15, 0.2) is 0 Å². The van der Waals surface area contributed by atoms with Crippen molar-refractivity contribution < 1.29 is 24.5 Å². The second kappa shape index (κ2) is 5.33. The number of rotatable bonds is 3. The summed E-state index contributed by atoms with van der Waals surface area (Å²) in [5, 5.41) is 19.2. The summed E-state index contributed by atoms with van der Waals surface area (Å²) < 4.78 is 4.22. The molecule has 0 heterocycles. The molecule has 0 rings (SSSR count). The molecule has 5 N–H and O–H groups in total. The molecule has 0 aliphatic heterocycles. The summed E-state index contributed by atoms with van der Waals surface area (Å²) in [5.74, 6) is 0. The highest BCUT2D eigenvalue weighted by molar-refractivity contribution is 5.89. The minimum absolute atomic E-state index is 0.133. The summed E-state index contributed by atoms with van der Waals surface area (Å²) in [7, 11) is 0. The predicted octanol–water partition coefficient (Wildman–Crippen LogP) is -1.12. The summed E-state index contributed by atoms with van der Waals surface area (Å²) >= 11 is 0. The summed E-state index contributed by atoms with van der Waals surface area (Å²) in [4.78, 5) is 20.7. The molecular formula is C6H12N2O5. The number of hydrogen-bond acceptors (Lipinski definition) is 5. The van der Waals surface area contributed by atoms with Gasteiger partial charge in [-0.2, -0.15) is 0 Å². The Kier molecular flexibility index (Phi) is 4.78. The van der Waals surface area contributed by atoms with Crippen molar-refractivity contribution in [3.8, 4) is 0 Å². The van der Waals surface area contributed by atoms with Crippen LogP contribution in [0.5, 0.6) is 0 Å². The lowest BCUT2D eigenvalue weighted by molar-refractivity contribution is -0.0737. The lowest BCUT2D eigenvalue weighted by Gasteiger charge is -2.12. The third-order valence-electron chi connectivity index (χ3n) is 1.01. The zero-order valence-corrected chi connectivity index (χ0v) is 7.06. The van der Waals surface area contributed by atoms with E-state index in [0.717, 1.165) is 0 Å². The van der Waals surface area contributed by atoms with E-state index in [9.17, 15) is 9.59 Å². The van der Waals surface area contributed by atoms with Crippen molar-refractivity contribution >= 4 is 12.1 Å². The van der Waals surface area contributed by atoms with Crippen molar-refractivity contribution in [1.29, 1.82) is 0 Å². The molecule has 7 nitrogen and oxygen atoms in total. The average molecular weight is 192 g/mol. The maximum Gasteiger partial charge on any atom is 0.417 e. The van der Waals surface area contributed by atoms with Crippen LogP contribution in [0.1, 0.15) is 13.3 Å². The van der Waals surface area contributed by atoms with Crippen LogP contribution in [0, 0.1) is 0 Å². The highest BCUT2D eigenvalue weighted by Gasteiger charge is 2.14. The molecule has 3 amide bonds. The number of amides is 3. The Morgan fingerprint density at radius 2 is 2.08 bits per heavy atom. The molecule has 76 valence electrons. The molecule has 2 atom stereocenters. The fourth-order valence-electron chi connectivity index (χ4n) is 0.594. The largest absolute Gasteiger partial charge is 0.419 e. The number of imide groups is 1. The first kappa shape index (κ1) is 11.7. The van der Waals surface area contributed by atoms with Crippen LogP contribution in [0.4, 0.5) is 9.59 Å². The lowest BCUT2D eigenvalue weighted by Crippen LogP contribution is -2.37. The second-order valence-corrected chi connectivity index (χ2v) is 2.43.